The number of ether oxygens (including phenoxy) is 2. The zero-order chi connectivity index (χ0) is 20.0. The summed E-state index contributed by atoms with van der Waals surface area (Å²) in [5.74, 6) is 0.150. The van der Waals surface area contributed by atoms with Crippen LogP contribution in [0.3, 0.4) is 0 Å². The van der Waals surface area contributed by atoms with Crippen molar-refractivity contribution in [2.24, 2.45) is 0 Å². The van der Waals surface area contributed by atoms with Gasteiger partial charge < -0.3 is 14.8 Å². The van der Waals surface area contributed by atoms with E-state index in [0.29, 0.717) is 30.5 Å². The molecule has 0 atom stereocenters. The lowest BCUT2D eigenvalue weighted by atomic mass is 9.74. The first-order valence-electron chi connectivity index (χ1n) is 8.96. The molecule has 2 aromatic carbocycles. The second-order valence-electron chi connectivity index (χ2n) is 6.72. The van der Waals surface area contributed by atoms with Crippen molar-refractivity contribution in [2.45, 2.75) is 18.3 Å². The van der Waals surface area contributed by atoms with Gasteiger partial charge in [0.2, 0.25) is 0 Å². The molecule has 0 bridgehead atoms. The Kier molecular flexibility index (Phi) is 6.49. The summed E-state index contributed by atoms with van der Waals surface area (Å²) < 4.78 is 10.9. The summed E-state index contributed by atoms with van der Waals surface area (Å²) in [6, 6.07) is 13.3. The number of nitrogens with zero attached hydrogens (tertiary/aromatic N) is 1. The predicted octanol–water partition coefficient (Wildman–Crippen LogP) is 3.49. The van der Waals surface area contributed by atoms with Crippen LogP contribution >= 0.6 is 11.6 Å². The van der Waals surface area contributed by atoms with Gasteiger partial charge in [0.1, 0.15) is 5.75 Å². The Hall–Kier alpha value is -2.64. The monoisotopic (exact) mass is 404 g/mol. The number of non-ortho nitro benzene ring substituents is 1. The standard InChI is InChI=1S/C20H21ClN2O5/c21-16-3-1-15(2-4-16)20(9-11-27-12-10-20)14-22-19(24)13-28-18-7-5-17(6-8-18)23(25)26/h1-8H,9-14H2,(H,22,24). The maximum absolute atomic E-state index is 12.3. The third-order valence-corrected chi connectivity index (χ3v) is 5.20. The lowest BCUT2D eigenvalue weighted by Crippen LogP contribution is -2.45. The van der Waals surface area contributed by atoms with Crippen LogP contribution < -0.4 is 10.1 Å². The average molecular weight is 405 g/mol. The second kappa shape index (κ2) is 9.03. The Balaban J connectivity index is 1.57. The van der Waals surface area contributed by atoms with E-state index >= 15 is 0 Å². The number of nitrogens with one attached hydrogen (secondary N) is 1. The van der Waals surface area contributed by atoms with Crippen molar-refractivity contribution in [3.63, 3.8) is 0 Å². The highest BCUT2D eigenvalue weighted by Crippen LogP contribution is 2.34. The quantitative estimate of drug-likeness (QED) is 0.563. The van der Waals surface area contributed by atoms with Crippen LogP contribution in [0.25, 0.3) is 0 Å². The molecule has 148 valence electrons. The van der Waals surface area contributed by atoms with E-state index in [0.717, 1.165) is 18.4 Å². The van der Waals surface area contributed by atoms with E-state index in [4.69, 9.17) is 21.1 Å². The van der Waals surface area contributed by atoms with Crippen molar-refractivity contribution in [3.8, 4) is 5.75 Å². The van der Waals surface area contributed by atoms with Crippen LogP contribution in [-0.2, 0) is 14.9 Å². The highest BCUT2D eigenvalue weighted by Gasteiger charge is 2.34. The third kappa shape index (κ3) is 4.99. The second-order valence-corrected chi connectivity index (χ2v) is 7.15. The van der Waals surface area contributed by atoms with Crippen LogP contribution in [-0.4, -0.2) is 37.2 Å². The molecule has 1 heterocycles. The van der Waals surface area contributed by atoms with Crippen molar-refractivity contribution in [1.82, 2.24) is 5.32 Å². The molecule has 3 rings (SSSR count). The smallest absolute Gasteiger partial charge is 0.269 e. The molecule has 0 saturated carbocycles. The lowest BCUT2D eigenvalue weighted by Gasteiger charge is -2.38. The number of amides is 1. The molecule has 1 N–H and O–H groups in total. The Morgan fingerprint density at radius 1 is 1.14 bits per heavy atom. The molecule has 28 heavy (non-hydrogen) atoms. The molecule has 1 saturated heterocycles. The summed E-state index contributed by atoms with van der Waals surface area (Å²) in [7, 11) is 0. The van der Waals surface area contributed by atoms with Gasteiger partial charge in [-0.05, 0) is 42.7 Å². The summed E-state index contributed by atoms with van der Waals surface area (Å²) in [5, 5.41) is 14.3. The minimum atomic E-state index is -0.486. The molecule has 0 spiro atoms. The molecule has 0 radical (unpaired) electrons. The van der Waals surface area contributed by atoms with Crippen molar-refractivity contribution in [3.05, 3.63) is 69.2 Å². The molecule has 2 aromatic rings. The van der Waals surface area contributed by atoms with Gasteiger partial charge in [-0.3, -0.25) is 14.9 Å². The molecule has 0 aromatic heterocycles. The van der Waals surface area contributed by atoms with Gasteiger partial charge in [-0.2, -0.15) is 0 Å². The highest BCUT2D eigenvalue weighted by molar-refractivity contribution is 6.30. The van der Waals surface area contributed by atoms with Gasteiger partial charge in [0.25, 0.3) is 11.6 Å². The minimum Gasteiger partial charge on any atom is -0.484 e. The lowest BCUT2D eigenvalue weighted by molar-refractivity contribution is -0.384. The number of halogens is 1. The van der Waals surface area contributed by atoms with Crippen molar-refractivity contribution in [1.29, 1.82) is 0 Å². The van der Waals surface area contributed by atoms with E-state index in [1.165, 1.54) is 24.3 Å². The number of carbonyl (C=O) groups excluding carboxylic acids is 1. The largest absolute Gasteiger partial charge is 0.484 e. The van der Waals surface area contributed by atoms with E-state index in [1.54, 1.807) is 0 Å². The van der Waals surface area contributed by atoms with Crippen molar-refractivity contribution in [2.75, 3.05) is 26.4 Å². The summed E-state index contributed by atoms with van der Waals surface area (Å²) in [5.41, 5.74) is 0.893. The Bertz CT molecular complexity index is 817. The van der Waals surface area contributed by atoms with E-state index in [1.807, 2.05) is 24.3 Å². The number of nitro groups is 1. The van der Waals surface area contributed by atoms with Crippen LogP contribution in [0, 0.1) is 10.1 Å². The van der Waals surface area contributed by atoms with E-state index < -0.39 is 4.92 Å². The van der Waals surface area contributed by atoms with Crippen molar-refractivity contribution >= 4 is 23.2 Å². The molecule has 0 unspecified atom stereocenters. The minimum absolute atomic E-state index is 0.0266. The molecule has 1 amide bonds. The van der Waals surface area contributed by atoms with Gasteiger partial charge in [-0.15, -0.1) is 0 Å². The maximum Gasteiger partial charge on any atom is 0.269 e. The van der Waals surface area contributed by atoms with E-state index in [9.17, 15) is 14.9 Å². The molecule has 7 nitrogen and oxygen atoms in total. The number of carbonyl (C=O) groups is 1. The Morgan fingerprint density at radius 2 is 1.79 bits per heavy atom. The summed E-state index contributed by atoms with van der Waals surface area (Å²) >= 11 is 6.00. The number of benzene rings is 2. The number of hydrogen-bond donors (Lipinski definition) is 1. The summed E-state index contributed by atoms with van der Waals surface area (Å²) in [4.78, 5) is 22.4. The Labute approximate surface area is 167 Å². The van der Waals surface area contributed by atoms with Gasteiger partial charge in [0, 0.05) is 42.3 Å². The van der Waals surface area contributed by atoms with Crippen LogP contribution in [0.15, 0.2) is 48.5 Å². The van der Waals surface area contributed by atoms with Crippen LogP contribution in [0.4, 0.5) is 5.69 Å². The number of nitro benzene ring substituents is 1. The zero-order valence-corrected chi connectivity index (χ0v) is 16.0. The number of hydrogen-bond acceptors (Lipinski definition) is 5. The topological polar surface area (TPSA) is 90.7 Å². The fraction of sp³-hybridized carbons (Fsp3) is 0.350. The first-order valence-corrected chi connectivity index (χ1v) is 9.34. The summed E-state index contributed by atoms with van der Waals surface area (Å²) in [6.07, 6.45) is 1.61. The van der Waals surface area contributed by atoms with Gasteiger partial charge >= 0.3 is 0 Å². The van der Waals surface area contributed by atoms with Crippen LogP contribution in [0.5, 0.6) is 5.75 Å². The summed E-state index contributed by atoms with van der Waals surface area (Å²) in [6.45, 7) is 1.58. The molecular formula is C20H21ClN2O5. The zero-order valence-electron chi connectivity index (χ0n) is 15.2. The average Bonchev–Trinajstić information content (AvgIpc) is 2.72. The van der Waals surface area contributed by atoms with Gasteiger partial charge in [0.15, 0.2) is 6.61 Å². The van der Waals surface area contributed by atoms with E-state index in [-0.39, 0.29) is 23.6 Å². The van der Waals surface area contributed by atoms with Crippen molar-refractivity contribution < 1.29 is 19.2 Å². The normalized spacial score (nSPS) is 15.6. The molecule has 1 aliphatic heterocycles. The fourth-order valence-corrected chi connectivity index (χ4v) is 3.39. The Morgan fingerprint density at radius 3 is 2.39 bits per heavy atom. The first-order chi connectivity index (χ1) is 13.5. The molecule has 1 aliphatic rings. The maximum atomic E-state index is 12.3. The predicted molar refractivity (Wildman–Crippen MR) is 105 cm³/mol. The fourth-order valence-electron chi connectivity index (χ4n) is 3.26. The van der Waals surface area contributed by atoms with Gasteiger partial charge in [-0.25, -0.2) is 0 Å². The molecule has 0 aliphatic carbocycles. The van der Waals surface area contributed by atoms with Gasteiger partial charge in [0.05, 0.1) is 4.92 Å². The first kappa shape index (κ1) is 20.1. The highest BCUT2D eigenvalue weighted by atomic mass is 35.5. The molecular weight excluding hydrogens is 384 g/mol. The molecule has 1 fully saturated rings. The van der Waals surface area contributed by atoms with E-state index in [2.05, 4.69) is 5.32 Å². The third-order valence-electron chi connectivity index (χ3n) is 4.95. The van der Waals surface area contributed by atoms with Crippen LogP contribution in [0.2, 0.25) is 5.02 Å². The number of rotatable bonds is 7. The molecule has 8 heteroatoms. The SMILES string of the molecule is O=C(COc1ccc([N+](=O)[O-])cc1)NCC1(c2ccc(Cl)cc2)CCOCC1. The van der Waals surface area contributed by atoms with Crippen LogP contribution in [0.1, 0.15) is 18.4 Å². The van der Waals surface area contributed by atoms with Gasteiger partial charge in [-0.1, -0.05) is 23.7 Å².